The molecule has 6 nitrogen and oxygen atoms in total. The molecule has 3 heterocycles. The molecule has 41 heavy (non-hydrogen) atoms. The Balaban J connectivity index is 1.52. The highest BCUT2D eigenvalue weighted by Gasteiger charge is 2.70. The summed E-state index contributed by atoms with van der Waals surface area (Å²) in [7, 11) is 1.56. The Bertz CT molecular complexity index is 1770. The lowest BCUT2D eigenvalue weighted by Crippen LogP contribution is -2.51. The molecular weight excluding hydrogens is 580 g/mol. The largest absolute Gasteiger partial charge is 0.496 e. The number of hydrogen-bond acceptors (Lipinski definition) is 5. The van der Waals surface area contributed by atoms with E-state index in [4.69, 9.17) is 4.74 Å². The number of Topliss-reactive ketones (excluding diaryl/α,β-unsaturated/α-hetero) is 2. The van der Waals surface area contributed by atoms with Gasteiger partial charge in [0.2, 0.25) is 5.91 Å². The molecule has 3 aliphatic rings. The molecule has 7 heteroatoms. The number of carbonyl (C=O) groups is 3. The van der Waals surface area contributed by atoms with Gasteiger partial charge in [-0.3, -0.25) is 14.4 Å². The maximum Gasteiger partial charge on any atom is 0.238 e. The molecule has 1 N–H and O–H groups in total. The number of ether oxygens (including phenoxy) is 1. The number of fused-ring (bicyclic) bond motifs is 6. The van der Waals surface area contributed by atoms with Crippen molar-refractivity contribution in [2.75, 3.05) is 17.3 Å². The van der Waals surface area contributed by atoms with Gasteiger partial charge in [-0.2, -0.15) is 0 Å². The van der Waals surface area contributed by atoms with Gasteiger partial charge in [-0.15, -0.1) is 0 Å². The highest BCUT2D eigenvalue weighted by atomic mass is 79.9. The number of nitrogens with one attached hydrogen (secondary N) is 1. The van der Waals surface area contributed by atoms with E-state index < -0.39 is 23.4 Å². The van der Waals surface area contributed by atoms with Gasteiger partial charge in [-0.05, 0) is 57.4 Å². The highest BCUT2D eigenvalue weighted by Crippen LogP contribution is 2.58. The van der Waals surface area contributed by atoms with Crippen molar-refractivity contribution in [2.24, 2.45) is 5.92 Å². The Morgan fingerprint density at radius 3 is 2.39 bits per heavy atom. The number of amides is 1. The van der Waals surface area contributed by atoms with Crippen molar-refractivity contribution in [1.82, 2.24) is 0 Å². The maximum atomic E-state index is 14.8. The average Bonchev–Trinajstić information content (AvgIpc) is 3.49. The third kappa shape index (κ3) is 3.58. The van der Waals surface area contributed by atoms with Crippen LogP contribution < -0.4 is 15.0 Å². The third-order valence-electron chi connectivity index (χ3n) is 8.59. The Hall–Kier alpha value is -4.49. The van der Waals surface area contributed by atoms with E-state index in [0.29, 0.717) is 27.0 Å². The van der Waals surface area contributed by atoms with Gasteiger partial charge in [0.1, 0.15) is 17.2 Å². The lowest BCUT2D eigenvalue weighted by Gasteiger charge is -2.37. The Kier molecular flexibility index (Phi) is 5.94. The highest BCUT2D eigenvalue weighted by molar-refractivity contribution is 9.10. The van der Waals surface area contributed by atoms with Crippen molar-refractivity contribution in [3.63, 3.8) is 0 Å². The summed E-state index contributed by atoms with van der Waals surface area (Å²) in [5, 5.41) is 3.06. The predicted molar refractivity (Wildman–Crippen MR) is 162 cm³/mol. The summed E-state index contributed by atoms with van der Waals surface area (Å²) in [5.41, 5.74) is 2.67. The molecule has 1 amide bonds. The quantitative estimate of drug-likeness (QED) is 0.270. The lowest BCUT2D eigenvalue weighted by atomic mass is 9.64. The molecular formula is C34H25BrN2O4. The van der Waals surface area contributed by atoms with Crippen LogP contribution in [0.2, 0.25) is 0 Å². The Morgan fingerprint density at radius 1 is 0.878 bits per heavy atom. The molecule has 0 bridgehead atoms. The van der Waals surface area contributed by atoms with Crippen molar-refractivity contribution >= 4 is 50.9 Å². The molecule has 4 aromatic rings. The van der Waals surface area contributed by atoms with Crippen molar-refractivity contribution in [2.45, 2.75) is 17.5 Å². The molecule has 1 fully saturated rings. The number of nitrogens with zero attached hydrogens (tertiary/aromatic N) is 1. The number of carbonyl (C=O) groups excluding carboxylic acids is 3. The summed E-state index contributed by atoms with van der Waals surface area (Å²) in [4.78, 5) is 45.8. The normalized spacial score (nSPS) is 23.5. The molecule has 7 rings (SSSR count). The molecule has 4 aromatic carbocycles. The first kappa shape index (κ1) is 25.5. The summed E-state index contributed by atoms with van der Waals surface area (Å²) in [6.45, 7) is 0. The number of rotatable bonds is 5. The van der Waals surface area contributed by atoms with Gasteiger partial charge in [-0.25, -0.2) is 0 Å². The minimum absolute atomic E-state index is 0.244. The summed E-state index contributed by atoms with van der Waals surface area (Å²) < 4.78 is 6.03. The number of halogens is 1. The second-order valence-corrected chi connectivity index (χ2v) is 11.4. The van der Waals surface area contributed by atoms with Crippen LogP contribution in [0, 0.1) is 5.92 Å². The summed E-state index contributed by atoms with van der Waals surface area (Å²) >= 11 is 3.52. The minimum atomic E-state index is -1.34. The molecule has 0 radical (unpaired) electrons. The minimum Gasteiger partial charge on any atom is -0.496 e. The van der Waals surface area contributed by atoms with E-state index >= 15 is 0 Å². The first-order valence-electron chi connectivity index (χ1n) is 13.4. The average molecular weight is 605 g/mol. The van der Waals surface area contributed by atoms with Crippen LogP contribution in [0.25, 0.3) is 6.08 Å². The summed E-state index contributed by atoms with van der Waals surface area (Å²) in [6, 6.07) is 27.9. The molecule has 1 saturated heterocycles. The third-order valence-corrected chi connectivity index (χ3v) is 9.21. The number of para-hydroxylation sites is 2. The van der Waals surface area contributed by atoms with Crippen LogP contribution >= 0.6 is 15.9 Å². The molecule has 1 spiro atoms. The van der Waals surface area contributed by atoms with Gasteiger partial charge in [-0.1, -0.05) is 78.9 Å². The van der Waals surface area contributed by atoms with Crippen molar-refractivity contribution in [3.05, 3.63) is 130 Å². The van der Waals surface area contributed by atoms with Gasteiger partial charge in [0.25, 0.3) is 0 Å². The molecule has 0 aromatic heterocycles. The fourth-order valence-corrected chi connectivity index (χ4v) is 7.43. The predicted octanol–water partition coefficient (Wildman–Crippen LogP) is 6.31. The number of hydrogen-bond donors (Lipinski definition) is 1. The van der Waals surface area contributed by atoms with Crippen molar-refractivity contribution in [3.8, 4) is 5.75 Å². The van der Waals surface area contributed by atoms with E-state index in [2.05, 4.69) is 21.2 Å². The van der Waals surface area contributed by atoms with Crippen LogP contribution in [0.3, 0.4) is 0 Å². The maximum absolute atomic E-state index is 14.8. The molecule has 4 unspecified atom stereocenters. The number of anilines is 2. The standard InChI is InChI=1S/C34H25BrN2O4/c1-41-27-17-15-22(19-24(27)35)32(39)30-29(31(38)21-10-3-2-4-11-21)34(23-12-6-7-13-25(23)36-33(34)40)28-18-16-20-9-5-8-14-26(20)37(28)30/h2-19,28-30H,1H3,(H,36,40). The second kappa shape index (κ2) is 9.56. The second-order valence-electron chi connectivity index (χ2n) is 10.5. The van der Waals surface area contributed by atoms with Gasteiger partial charge in [0.05, 0.1) is 23.5 Å². The first-order valence-corrected chi connectivity index (χ1v) is 14.2. The van der Waals surface area contributed by atoms with Crippen molar-refractivity contribution in [1.29, 1.82) is 0 Å². The zero-order valence-electron chi connectivity index (χ0n) is 22.1. The van der Waals surface area contributed by atoms with Crippen LogP contribution in [0.5, 0.6) is 5.75 Å². The zero-order chi connectivity index (χ0) is 28.3. The van der Waals surface area contributed by atoms with E-state index in [1.165, 1.54) is 0 Å². The number of methoxy groups -OCH3 is 1. The Labute approximate surface area is 245 Å². The molecule has 0 aliphatic carbocycles. The van der Waals surface area contributed by atoms with Gasteiger partial charge in [0.15, 0.2) is 11.6 Å². The van der Waals surface area contributed by atoms with Gasteiger partial charge >= 0.3 is 0 Å². The van der Waals surface area contributed by atoms with E-state index in [-0.39, 0.29) is 17.5 Å². The van der Waals surface area contributed by atoms with Gasteiger partial charge in [0, 0.05) is 22.5 Å². The smallest absolute Gasteiger partial charge is 0.238 e. The van der Waals surface area contributed by atoms with Crippen molar-refractivity contribution < 1.29 is 19.1 Å². The molecule has 202 valence electrons. The summed E-state index contributed by atoms with van der Waals surface area (Å²) in [5.74, 6) is -1.19. The monoisotopic (exact) mass is 604 g/mol. The molecule has 4 atom stereocenters. The van der Waals surface area contributed by atoms with Crippen LogP contribution in [0.15, 0.2) is 108 Å². The fourth-order valence-electron chi connectivity index (χ4n) is 6.89. The number of benzene rings is 4. The lowest BCUT2D eigenvalue weighted by molar-refractivity contribution is -0.121. The van der Waals surface area contributed by atoms with Gasteiger partial charge < -0.3 is 15.0 Å². The molecule has 3 aliphatic heterocycles. The summed E-state index contributed by atoms with van der Waals surface area (Å²) in [6.07, 6.45) is 3.97. The van der Waals surface area contributed by atoms with Crippen LogP contribution in [0.1, 0.15) is 31.8 Å². The van der Waals surface area contributed by atoms with E-state index in [0.717, 1.165) is 16.8 Å². The first-order chi connectivity index (χ1) is 20.0. The zero-order valence-corrected chi connectivity index (χ0v) is 23.7. The van der Waals surface area contributed by atoms with E-state index in [1.54, 1.807) is 49.6 Å². The SMILES string of the molecule is COc1ccc(C(=O)C2C(C(=O)c3ccccc3)C3(C(=O)Nc4ccccc43)C3C=Cc4ccccc4N23)cc1Br. The number of ketones is 2. The van der Waals surface area contributed by atoms with E-state index in [1.807, 2.05) is 71.6 Å². The van der Waals surface area contributed by atoms with Crippen LogP contribution in [0.4, 0.5) is 11.4 Å². The Morgan fingerprint density at radius 2 is 1.61 bits per heavy atom. The van der Waals surface area contributed by atoms with Crippen LogP contribution in [-0.4, -0.2) is 36.7 Å². The van der Waals surface area contributed by atoms with Crippen LogP contribution in [-0.2, 0) is 10.2 Å². The molecule has 0 saturated carbocycles. The fraction of sp³-hybridized carbons (Fsp3) is 0.147. The topological polar surface area (TPSA) is 75.7 Å². The van der Waals surface area contributed by atoms with E-state index in [9.17, 15) is 14.4 Å².